The molecule has 0 heterocycles. The normalized spacial score (nSPS) is 15.6. The molecule has 0 unspecified atom stereocenters. The van der Waals surface area contributed by atoms with Crippen LogP contribution in [0.3, 0.4) is 0 Å². The summed E-state index contributed by atoms with van der Waals surface area (Å²) in [6.07, 6.45) is 14.7. The fourth-order valence-corrected chi connectivity index (χ4v) is 13.0. The van der Waals surface area contributed by atoms with Crippen LogP contribution in [0, 0.1) is 0 Å². The summed E-state index contributed by atoms with van der Waals surface area (Å²) in [5.41, 5.74) is 0. The molecule has 0 N–H and O–H groups in total. The number of allylic oxidation sites excluding steroid dienone is 8. The average Bonchev–Trinajstić information content (AvgIpc) is 3.39. The molecule has 5 heteroatoms. The van der Waals surface area contributed by atoms with E-state index in [1.165, 1.54) is 6.56 Å². The van der Waals surface area contributed by atoms with Gasteiger partial charge in [0.25, 0.3) is 0 Å². The molecule has 0 fully saturated rings. The van der Waals surface area contributed by atoms with E-state index in [1.54, 1.807) is 0 Å². The Balaban J connectivity index is 1.84. The minimum atomic E-state index is -3.92. The summed E-state index contributed by atoms with van der Waals surface area (Å²) >= 11 is 3.36. The van der Waals surface area contributed by atoms with Crippen molar-refractivity contribution in [3.63, 3.8) is 0 Å². The molecule has 2 aliphatic rings. The molecule has 0 amide bonds. The molecule has 0 aliphatic heterocycles. The SMILES string of the molecule is Brc1ccccc1[O][Zr]([O]c1ccccc1Br)([C]1=CC=CC1)[C]1=CC=CC1. The Morgan fingerprint density at radius 1 is 0.667 bits per heavy atom. The van der Waals surface area contributed by atoms with Gasteiger partial charge in [0.15, 0.2) is 0 Å². The van der Waals surface area contributed by atoms with E-state index in [9.17, 15) is 0 Å². The van der Waals surface area contributed by atoms with Gasteiger partial charge in [-0.1, -0.05) is 0 Å². The molecule has 2 aromatic carbocycles. The second-order valence-electron chi connectivity index (χ2n) is 6.33. The van der Waals surface area contributed by atoms with Crippen LogP contribution in [0.1, 0.15) is 12.8 Å². The first-order valence-electron chi connectivity index (χ1n) is 8.78. The molecule has 4 rings (SSSR count). The Hall–Kier alpha value is -1.16. The van der Waals surface area contributed by atoms with Crippen molar-refractivity contribution in [2.75, 3.05) is 0 Å². The van der Waals surface area contributed by atoms with Crippen LogP contribution in [0.5, 0.6) is 11.5 Å². The van der Waals surface area contributed by atoms with Gasteiger partial charge in [-0.05, 0) is 0 Å². The van der Waals surface area contributed by atoms with E-state index in [2.05, 4.69) is 68.3 Å². The standard InChI is InChI=1S/2C6H5BrO.2C5H5.Zr/c2*7-5-3-1-2-4-6(5)8;2*1-2-4-5-3-1;/h2*1-4,8H;2*1-3H,4H2;/q;;;;+2/p-2. The molecule has 0 atom stereocenters. The summed E-state index contributed by atoms with van der Waals surface area (Å²) < 4.78 is 18.2. The monoisotopic (exact) mass is 562 g/mol. The Morgan fingerprint density at radius 3 is 1.48 bits per heavy atom. The summed E-state index contributed by atoms with van der Waals surface area (Å²) in [5.74, 6) is 1.67. The zero-order valence-electron chi connectivity index (χ0n) is 14.6. The molecular weight excluding hydrogens is 547 g/mol. The third kappa shape index (κ3) is 4.01. The van der Waals surface area contributed by atoms with Gasteiger partial charge in [0.1, 0.15) is 0 Å². The van der Waals surface area contributed by atoms with Crippen LogP contribution in [-0.4, -0.2) is 0 Å². The van der Waals surface area contributed by atoms with Crippen LogP contribution in [0.25, 0.3) is 0 Å². The predicted octanol–water partition coefficient (Wildman–Crippen LogP) is 7.34. The molecule has 2 nitrogen and oxygen atoms in total. The second kappa shape index (κ2) is 8.47. The van der Waals surface area contributed by atoms with Gasteiger partial charge in [0, 0.05) is 0 Å². The Labute approximate surface area is 182 Å². The number of halogens is 2. The van der Waals surface area contributed by atoms with Gasteiger partial charge in [0.2, 0.25) is 0 Å². The van der Waals surface area contributed by atoms with Crippen LogP contribution in [-0.2, 0) is 21.1 Å². The van der Waals surface area contributed by atoms with Crippen molar-refractivity contribution in [3.05, 3.63) is 100 Å². The molecule has 0 radical (unpaired) electrons. The molecule has 0 saturated carbocycles. The first-order chi connectivity index (χ1) is 13.2. The average molecular weight is 565 g/mol. The van der Waals surface area contributed by atoms with Crippen molar-refractivity contribution in [1.82, 2.24) is 0 Å². The fraction of sp³-hybridized carbons (Fsp3) is 0.0909. The van der Waals surface area contributed by atoms with Crippen molar-refractivity contribution in [3.8, 4) is 11.5 Å². The topological polar surface area (TPSA) is 18.5 Å². The van der Waals surface area contributed by atoms with Crippen molar-refractivity contribution in [2.24, 2.45) is 0 Å². The van der Waals surface area contributed by atoms with Gasteiger partial charge in [-0.2, -0.15) is 0 Å². The number of para-hydroxylation sites is 2. The van der Waals surface area contributed by atoms with Crippen molar-refractivity contribution < 1.29 is 26.8 Å². The summed E-state index contributed by atoms with van der Waals surface area (Å²) in [7, 11) is 0. The van der Waals surface area contributed by atoms with Gasteiger partial charge in [-0.25, -0.2) is 0 Å². The van der Waals surface area contributed by atoms with E-state index in [0.717, 1.165) is 33.3 Å². The number of hydrogen-bond acceptors (Lipinski definition) is 2. The van der Waals surface area contributed by atoms with Crippen molar-refractivity contribution >= 4 is 31.9 Å². The maximum atomic E-state index is 6.86. The number of hydrogen-bond donors (Lipinski definition) is 0. The first-order valence-corrected chi connectivity index (χ1v) is 14.8. The van der Waals surface area contributed by atoms with Crippen LogP contribution in [0.2, 0.25) is 0 Å². The van der Waals surface area contributed by atoms with Gasteiger partial charge in [0.05, 0.1) is 0 Å². The molecule has 0 aromatic heterocycles. The molecule has 0 spiro atoms. The third-order valence-electron chi connectivity index (χ3n) is 4.57. The van der Waals surface area contributed by atoms with Gasteiger partial charge in [-0.3, -0.25) is 0 Å². The Morgan fingerprint density at radius 2 is 1.11 bits per heavy atom. The van der Waals surface area contributed by atoms with E-state index in [4.69, 9.17) is 5.63 Å². The van der Waals surface area contributed by atoms with Gasteiger partial charge >= 0.3 is 183 Å². The van der Waals surface area contributed by atoms with E-state index in [-0.39, 0.29) is 0 Å². The summed E-state index contributed by atoms with van der Waals surface area (Å²) in [6.45, 7) is 0. The van der Waals surface area contributed by atoms with E-state index in [0.29, 0.717) is 0 Å². The van der Waals surface area contributed by atoms with E-state index < -0.39 is 21.1 Å². The molecule has 2 aliphatic carbocycles. The van der Waals surface area contributed by atoms with Crippen LogP contribution < -0.4 is 5.63 Å². The van der Waals surface area contributed by atoms with Crippen LogP contribution in [0.15, 0.2) is 100 Å². The summed E-state index contributed by atoms with van der Waals surface area (Å²) in [4.78, 5) is 0. The molecular formula is C22H18Br2O2Zr. The van der Waals surface area contributed by atoms with Crippen molar-refractivity contribution in [2.45, 2.75) is 12.8 Å². The molecule has 2 aromatic rings. The predicted molar refractivity (Wildman–Crippen MR) is 113 cm³/mol. The van der Waals surface area contributed by atoms with Crippen LogP contribution >= 0.6 is 31.9 Å². The minimum absolute atomic E-state index is 0.834. The van der Waals surface area contributed by atoms with Gasteiger partial charge < -0.3 is 0 Å². The summed E-state index contributed by atoms with van der Waals surface area (Å²) in [5, 5.41) is 0. The summed E-state index contributed by atoms with van der Waals surface area (Å²) in [6, 6.07) is 16.0. The third-order valence-corrected chi connectivity index (χ3v) is 14.4. The Bertz CT molecular complexity index is 896. The van der Waals surface area contributed by atoms with Gasteiger partial charge in [-0.15, -0.1) is 0 Å². The first kappa shape index (κ1) is 19.2. The Kier molecular flexibility index (Phi) is 6.01. The number of benzene rings is 2. The molecule has 0 bridgehead atoms. The maximum absolute atomic E-state index is 6.86. The zero-order valence-corrected chi connectivity index (χ0v) is 20.2. The van der Waals surface area contributed by atoms with E-state index in [1.807, 2.05) is 48.5 Å². The number of rotatable bonds is 6. The molecule has 0 saturated heterocycles. The zero-order chi connectivity index (χ0) is 18.7. The quantitative estimate of drug-likeness (QED) is 0.365. The molecule has 27 heavy (non-hydrogen) atoms. The molecule has 136 valence electrons. The second-order valence-corrected chi connectivity index (χ2v) is 15.2. The van der Waals surface area contributed by atoms with Crippen LogP contribution in [0.4, 0.5) is 0 Å². The van der Waals surface area contributed by atoms with E-state index >= 15 is 0 Å². The fourth-order valence-electron chi connectivity index (χ4n) is 3.24. The van der Waals surface area contributed by atoms with Crippen molar-refractivity contribution in [1.29, 1.82) is 0 Å².